The number of hydrogen-bond acceptors (Lipinski definition) is 4. The summed E-state index contributed by atoms with van der Waals surface area (Å²) < 4.78 is 40.6. The van der Waals surface area contributed by atoms with Crippen LogP contribution in [0.2, 0.25) is 0 Å². The van der Waals surface area contributed by atoms with Crippen LogP contribution in [0.5, 0.6) is 0 Å². The van der Waals surface area contributed by atoms with Crippen molar-refractivity contribution in [2.24, 2.45) is 0 Å². The Bertz CT molecular complexity index is 844. The number of rotatable bonds is 3. The first-order valence-corrected chi connectivity index (χ1v) is 8.95. The summed E-state index contributed by atoms with van der Waals surface area (Å²) in [4.78, 5) is 14.4. The fourth-order valence-electron chi connectivity index (χ4n) is 4.08. The number of carbonyl (C=O) groups excluding carboxylic acids is 1. The minimum Gasteiger partial charge on any atom is -0.337 e. The Kier molecular flexibility index (Phi) is 5.67. The van der Waals surface area contributed by atoms with Crippen molar-refractivity contribution in [1.82, 2.24) is 25.2 Å². The van der Waals surface area contributed by atoms with Gasteiger partial charge in [0, 0.05) is 25.2 Å². The molecule has 0 radical (unpaired) electrons. The minimum atomic E-state index is -4.52. The molecule has 2 fully saturated rings. The first-order valence-electron chi connectivity index (χ1n) is 8.95. The zero-order chi connectivity index (χ0) is 19.2. The Labute approximate surface area is 166 Å². The van der Waals surface area contributed by atoms with Crippen molar-refractivity contribution in [3.8, 4) is 5.69 Å². The number of fused-ring (bicyclic) bond motifs is 2. The molecule has 1 N–H and O–H groups in total. The number of alkyl halides is 3. The van der Waals surface area contributed by atoms with Crippen LogP contribution in [0.1, 0.15) is 41.7 Å². The van der Waals surface area contributed by atoms with Crippen molar-refractivity contribution in [2.75, 3.05) is 7.05 Å². The molecule has 2 bridgehead atoms. The van der Waals surface area contributed by atoms with Gasteiger partial charge in [0.1, 0.15) is 0 Å². The molecule has 4 rings (SSSR count). The molecule has 2 unspecified atom stereocenters. The molecule has 0 saturated carbocycles. The molecule has 3 heterocycles. The fraction of sp³-hybridized carbons (Fsp3) is 0.500. The van der Waals surface area contributed by atoms with E-state index in [4.69, 9.17) is 0 Å². The van der Waals surface area contributed by atoms with Gasteiger partial charge in [0.15, 0.2) is 5.69 Å². The molecule has 10 heteroatoms. The van der Waals surface area contributed by atoms with Gasteiger partial charge < -0.3 is 10.2 Å². The summed E-state index contributed by atoms with van der Waals surface area (Å²) in [6.45, 7) is 0. The number of halogens is 4. The largest absolute Gasteiger partial charge is 0.418 e. The number of nitrogens with zero attached hydrogens (tertiary/aromatic N) is 4. The van der Waals surface area contributed by atoms with E-state index in [9.17, 15) is 18.0 Å². The highest BCUT2D eigenvalue weighted by Gasteiger charge is 2.37. The van der Waals surface area contributed by atoms with Crippen LogP contribution in [0, 0.1) is 0 Å². The molecular formula is C18H21ClF3N5O. The first kappa shape index (κ1) is 20.6. The highest BCUT2D eigenvalue weighted by atomic mass is 35.5. The number of carbonyl (C=O) groups is 1. The standard InChI is InChI=1S/C18H20F3N5O.ClH/c1-25(13-8-11-6-7-12(9-13)22-11)17(27)15-10-26(24-23-15)16-5-3-2-4-14(16)18(19,20)21;/h2-5,10-13,22H,6-9H2,1H3;1H. The van der Waals surface area contributed by atoms with Crippen molar-refractivity contribution in [1.29, 1.82) is 0 Å². The molecule has 2 aliphatic heterocycles. The molecule has 28 heavy (non-hydrogen) atoms. The summed E-state index contributed by atoms with van der Waals surface area (Å²) >= 11 is 0. The van der Waals surface area contributed by atoms with Crippen LogP contribution in [0.3, 0.4) is 0 Å². The molecule has 0 spiro atoms. The molecule has 1 amide bonds. The van der Waals surface area contributed by atoms with E-state index in [1.807, 2.05) is 0 Å². The Morgan fingerprint density at radius 2 is 1.86 bits per heavy atom. The number of nitrogens with one attached hydrogen (secondary N) is 1. The number of piperidine rings is 1. The molecule has 0 aliphatic carbocycles. The Balaban J connectivity index is 0.00000225. The molecular weight excluding hydrogens is 395 g/mol. The van der Waals surface area contributed by atoms with Crippen molar-refractivity contribution in [3.05, 3.63) is 41.7 Å². The molecule has 2 saturated heterocycles. The summed E-state index contributed by atoms with van der Waals surface area (Å²) in [6, 6.07) is 6.05. The second kappa shape index (κ2) is 7.71. The lowest BCUT2D eigenvalue weighted by atomic mass is 9.98. The average molecular weight is 416 g/mol. The third kappa shape index (κ3) is 3.86. The third-order valence-corrected chi connectivity index (χ3v) is 5.49. The predicted octanol–water partition coefficient (Wildman–Crippen LogP) is 3.06. The van der Waals surface area contributed by atoms with Crippen LogP contribution in [0.4, 0.5) is 13.2 Å². The van der Waals surface area contributed by atoms with Crippen molar-refractivity contribution < 1.29 is 18.0 Å². The van der Waals surface area contributed by atoms with Gasteiger partial charge in [0.2, 0.25) is 0 Å². The summed E-state index contributed by atoms with van der Waals surface area (Å²) in [6.07, 6.45) is 0.742. The van der Waals surface area contributed by atoms with Crippen LogP contribution in [-0.2, 0) is 6.18 Å². The molecule has 1 aromatic heterocycles. The number of para-hydroxylation sites is 1. The van der Waals surface area contributed by atoms with Gasteiger partial charge in [-0.3, -0.25) is 4.79 Å². The number of hydrogen-bond donors (Lipinski definition) is 1. The summed E-state index contributed by atoms with van der Waals surface area (Å²) in [7, 11) is 1.72. The lowest BCUT2D eigenvalue weighted by molar-refractivity contribution is -0.137. The minimum absolute atomic E-state index is 0. The van der Waals surface area contributed by atoms with Crippen LogP contribution in [-0.4, -0.2) is 51.0 Å². The maximum Gasteiger partial charge on any atom is 0.418 e. The van der Waals surface area contributed by atoms with Gasteiger partial charge in [-0.2, -0.15) is 13.2 Å². The number of amides is 1. The normalized spacial score (nSPS) is 23.9. The number of benzene rings is 1. The van der Waals surface area contributed by atoms with E-state index >= 15 is 0 Å². The molecule has 1 aromatic carbocycles. The Hall–Kier alpha value is -2.13. The smallest absolute Gasteiger partial charge is 0.337 e. The zero-order valence-electron chi connectivity index (χ0n) is 15.2. The maximum atomic E-state index is 13.2. The van der Waals surface area contributed by atoms with Gasteiger partial charge in [-0.25, -0.2) is 4.68 Å². The van der Waals surface area contributed by atoms with E-state index in [1.54, 1.807) is 11.9 Å². The number of aromatic nitrogens is 3. The lowest BCUT2D eigenvalue weighted by Crippen LogP contribution is -2.48. The van der Waals surface area contributed by atoms with Crippen molar-refractivity contribution >= 4 is 18.3 Å². The van der Waals surface area contributed by atoms with Crippen LogP contribution < -0.4 is 5.32 Å². The monoisotopic (exact) mass is 415 g/mol. The van der Waals surface area contributed by atoms with Gasteiger partial charge >= 0.3 is 6.18 Å². The van der Waals surface area contributed by atoms with E-state index < -0.39 is 11.7 Å². The van der Waals surface area contributed by atoms with Crippen LogP contribution >= 0.6 is 12.4 Å². The fourth-order valence-corrected chi connectivity index (χ4v) is 4.08. The van der Waals surface area contributed by atoms with E-state index in [0.717, 1.165) is 36.4 Å². The zero-order valence-corrected chi connectivity index (χ0v) is 16.0. The Morgan fingerprint density at radius 1 is 1.21 bits per heavy atom. The van der Waals surface area contributed by atoms with E-state index in [1.165, 1.54) is 24.4 Å². The SMILES string of the molecule is CN(C(=O)c1cn(-c2ccccc2C(F)(F)F)nn1)C1CC2CCC(C1)N2.Cl. The maximum absolute atomic E-state index is 13.2. The molecule has 2 atom stereocenters. The molecule has 2 aromatic rings. The second-order valence-electron chi connectivity index (χ2n) is 7.24. The van der Waals surface area contributed by atoms with E-state index in [0.29, 0.717) is 12.1 Å². The summed E-state index contributed by atoms with van der Waals surface area (Å²) in [5.41, 5.74) is -0.934. The van der Waals surface area contributed by atoms with Crippen LogP contribution in [0.15, 0.2) is 30.5 Å². The van der Waals surface area contributed by atoms with Gasteiger partial charge in [0.25, 0.3) is 5.91 Å². The first-order chi connectivity index (χ1) is 12.8. The molecule has 6 nitrogen and oxygen atoms in total. The highest BCUT2D eigenvalue weighted by molar-refractivity contribution is 5.92. The quantitative estimate of drug-likeness (QED) is 0.837. The topological polar surface area (TPSA) is 63.1 Å². The van der Waals surface area contributed by atoms with Gasteiger partial charge in [0.05, 0.1) is 17.4 Å². The van der Waals surface area contributed by atoms with Gasteiger partial charge in [-0.15, -0.1) is 17.5 Å². The van der Waals surface area contributed by atoms with Gasteiger partial charge in [-0.05, 0) is 37.8 Å². The van der Waals surface area contributed by atoms with Crippen LogP contribution in [0.25, 0.3) is 5.69 Å². The highest BCUT2D eigenvalue weighted by Crippen LogP contribution is 2.33. The summed E-state index contributed by atoms with van der Waals surface area (Å²) in [5, 5.41) is 11.1. The lowest BCUT2D eigenvalue weighted by Gasteiger charge is -2.35. The second-order valence-corrected chi connectivity index (χ2v) is 7.24. The van der Waals surface area contributed by atoms with Crippen molar-refractivity contribution in [3.63, 3.8) is 0 Å². The van der Waals surface area contributed by atoms with E-state index in [-0.39, 0.29) is 35.7 Å². The van der Waals surface area contributed by atoms with E-state index in [2.05, 4.69) is 15.6 Å². The average Bonchev–Trinajstić information content (AvgIpc) is 3.26. The van der Waals surface area contributed by atoms with Gasteiger partial charge in [-0.1, -0.05) is 17.3 Å². The van der Waals surface area contributed by atoms with Crippen molar-refractivity contribution in [2.45, 2.75) is 50.0 Å². The Morgan fingerprint density at radius 3 is 2.50 bits per heavy atom. The molecule has 2 aliphatic rings. The predicted molar refractivity (Wildman–Crippen MR) is 98.7 cm³/mol. The third-order valence-electron chi connectivity index (χ3n) is 5.49. The molecule has 152 valence electrons. The summed E-state index contributed by atoms with van der Waals surface area (Å²) in [5.74, 6) is -0.322.